The third kappa shape index (κ3) is 1.97. The summed E-state index contributed by atoms with van der Waals surface area (Å²) in [4.78, 5) is 14.6. The first-order valence-corrected chi connectivity index (χ1v) is 7.01. The van der Waals surface area contributed by atoms with Crippen LogP contribution in [0.25, 0.3) is 0 Å². The molecule has 0 N–H and O–H groups in total. The lowest BCUT2D eigenvalue weighted by Crippen LogP contribution is -2.03. The topological polar surface area (TPSA) is 17.1 Å². The van der Waals surface area contributed by atoms with Crippen molar-refractivity contribution >= 4 is 17.5 Å². The highest BCUT2D eigenvalue weighted by atomic mass is 32.2. The second-order valence-corrected chi connectivity index (χ2v) is 5.58. The summed E-state index contributed by atoms with van der Waals surface area (Å²) >= 11 is 1.71. The number of rotatable bonds is 1. The van der Waals surface area contributed by atoms with Crippen molar-refractivity contribution in [3.05, 3.63) is 59.2 Å². The number of aryl methyl sites for hydroxylation is 1. The molecule has 2 aromatic carbocycles. The molecule has 0 aromatic heterocycles. The van der Waals surface area contributed by atoms with E-state index in [4.69, 9.17) is 0 Å². The Hall–Kier alpha value is -1.54. The Kier molecular flexibility index (Phi) is 2.96. The maximum Gasteiger partial charge on any atom is 0.168 e. The van der Waals surface area contributed by atoms with Gasteiger partial charge in [0.2, 0.25) is 0 Å². The van der Waals surface area contributed by atoms with Crippen molar-refractivity contribution < 1.29 is 4.79 Å². The number of ketones is 1. The molecule has 0 bridgehead atoms. The van der Waals surface area contributed by atoms with E-state index in [9.17, 15) is 4.79 Å². The zero-order chi connectivity index (χ0) is 12.5. The van der Waals surface area contributed by atoms with Crippen molar-refractivity contribution in [2.75, 3.05) is 0 Å². The van der Waals surface area contributed by atoms with Crippen LogP contribution in [0.4, 0.5) is 0 Å². The second kappa shape index (κ2) is 4.62. The number of carbonyl (C=O) groups excluding carboxylic acids is 1. The van der Waals surface area contributed by atoms with Gasteiger partial charge in [0.1, 0.15) is 0 Å². The highest BCUT2D eigenvalue weighted by molar-refractivity contribution is 7.99. The van der Waals surface area contributed by atoms with Crippen molar-refractivity contribution in [3.8, 4) is 0 Å². The molecule has 0 radical (unpaired) electrons. The molecule has 0 saturated carbocycles. The fourth-order valence-corrected chi connectivity index (χ4v) is 3.31. The Balaban J connectivity index is 2.13. The molecular formula is C16H14OS. The van der Waals surface area contributed by atoms with Gasteiger partial charge in [0, 0.05) is 21.8 Å². The number of Topliss-reactive ketones (excluding diaryl/α,β-unsaturated/α-hetero) is 1. The molecule has 90 valence electrons. The van der Waals surface area contributed by atoms with Gasteiger partial charge < -0.3 is 0 Å². The quantitative estimate of drug-likeness (QED) is 0.761. The normalized spacial score (nSPS) is 13.7. The van der Waals surface area contributed by atoms with Crippen molar-refractivity contribution in [1.29, 1.82) is 0 Å². The molecule has 0 amide bonds. The van der Waals surface area contributed by atoms with E-state index in [0.717, 1.165) is 22.4 Å². The van der Waals surface area contributed by atoms with Gasteiger partial charge in [-0.1, -0.05) is 43.0 Å². The molecule has 1 nitrogen and oxygen atoms in total. The third-order valence-electron chi connectivity index (χ3n) is 3.30. The molecule has 2 heteroatoms. The smallest absolute Gasteiger partial charge is 0.168 e. The van der Waals surface area contributed by atoms with Gasteiger partial charge in [-0.25, -0.2) is 0 Å². The average molecular weight is 254 g/mol. The fraction of sp³-hybridized carbons (Fsp3) is 0.188. The van der Waals surface area contributed by atoms with Gasteiger partial charge in [-0.2, -0.15) is 0 Å². The highest BCUT2D eigenvalue weighted by Gasteiger charge is 2.20. The minimum absolute atomic E-state index is 0.234. The van der Waals surface area contributed by atoms with Crippen LogP contribution in [-0.2, 0) is 12.8 Å². The van der Waals surface area contributed by atoms with Crippen LogP contribution in [0.5, 0.6) is 0 Å². The summed E-state index contributed by atoms with van der Waals surface area (Å²) in [7, 11) is 0. The summed E-state index contributed by atoms with van der Waals surface area (Å²) < 4.78 is 0. The zero-order valence-corrected chi connectivity index (χ0v) is 11.1. The van der Waals surface area contributed by atoms with Gasteiger partial charge in [0.15, 0.2) is 5.78 Å². The fourth-order valence-electron chi connectivity index (χ4n) is 2.24. The van der Waals surface area contributed by atoms with Crippen LogP contribution in [-0.4, -0.2) is 5.78 Å². The number of hydrogen-bond acceptors (Lipinski definition) is 2. The molecule has 0 spiro atoms. The first-order valence-electron chi connectivity index (χ1n) is 6.20. The van der Waals surface area contributed by atoms with Crippen LogP contribution in [0.15, 0.2) is 52.3 Å². The van der Waals surface area contributed by atoms with E-state index in [0.29, 0.717) is 6.42 Å². The first kappa shape index (κ1) is 11.5. The summed E-state index contributed by atoms with van der Waals surface area (Å²) in [5.74, 6) is 0.234. The Morgan fingerprint density at radius 3 is 2.78 bits per heavy atom. The molecule has 0 atom stereocenters. The Morgan fingerprint density at radius 1 is 1.11 bits per heavy atom. The minimum Gasteiger partial charge on any atom is -0.294 e. The van der Waals surface area contributed by atoms with Crippen LogP contribution in [0.2, 0.25) is 0 Å². The lowest BCUT2D eigenvalue weighted by Gasteiger charge is -2.06. The van der Waals surface area contributed by atoms with Crippen LogP contribution >= 0.6 is 11.8 Å². The molecule has 0 fully saturated rings. The number of carbonyl (C=O) groups is 1. The Bertz CT molecular complexity index is 616. The van der Waals surface area contributed by atoms with Crippen LogP contribution in [0.3, 0.4) is 0 Å². The number of fused-ring (bicyclic) bond motifs is 2. The van der Waals surface area contributed by atoms with Gasteiger partial charge in [-0.15, -0.1) is 0 Å². The van der Waals surface area contributed by atoms with Crippen molar-refractivity contribution in [2.24, 2.45) is 0 Å². The molecule has 1 heterocycles. The summed E-state index contributed by atoms with van der Waals surface area (Å²) in [6.07, 6.45) is 1.49. The molecular weight excluding hydrogens is 240 g/mol. The van der Waals surface area contributed by atoms with Crippen molar-refractivity contribution in [2.45, 2.75) is 29.6 Å². The van der Waals surface area contributed by atoms with Crippen LogP contribution in [0.1, 0.15) is 28.4 Å². The standard InChI is InChI=1S/C16H14OS/c1-2-11-7-8-16-13(9-11)14(17)10-12-5-3-4-6-15(12)18-16/h3-9H,2,10H2,1H3. The lowest BCUT2D eigenvalue weighted by atomic mass is 10.0. The van der Waals surface area contributed by atoms with Gasteiger partial charge >= 0.3 is 0 Å². The largest absolute Gasteiger partial charge is 0.294 e. The van der Waals surface area contributed by atoms with E-state index in [1.54, 1.807) is 11.8 Å². The molecule has 0 unspecified atom stereocenters. The summed E-state index contributed by atoms with van der Waals surface area (Å²) in [6.45, 7) is 2.12. The average Bonchev–Trinajstić information content (AvgIpc) is 2.54. The molecule has 18 heavy (non-hydrogen) atoms. The van der Waals surface area contributed by atoms with E-state index in [1.807, 2.05) is 18.2 Å². The van der Waals surface area contributed by atoms with Crippen LogP contribution in [0, 0.1) is 0 Å². The molecule has 1 aliphatic rings. The third-order valence-corrected chi connectivity index (χ3v) is 4.49. The van der Waals surface area contributed by atoms with Gasteiger partial charge in [0.25, 0.3) is 0 Å². The summed E-state index contributed by atoms with van der Waals surface area (Å²) in [6, 6.07) is 14.4. The van der Waals surface area contributed by atoms with Gasteiger partial charge in [-0.3, -0.25) is 4.79 Å². The van der Waals surface area contributed by atoms with Crippen molar-refractivity contribution in [1.82, 2.24) is 0 Å². The van der Waals surface area contributed by atoms with E-state index in [-0.39, 0.29) is 5.78 Å². The SMILES string of the molecule is CCc1ccc2c(c1)C(=O)Cc1ccccc1S2. The van der Waals surface area contributed by atoms with Gasteiger partial charge in [0.05, 0.1) is 0 Å². The summed E-state index contributed by atoms with van der Waals surface area (Å²) in [5, 5.41) is 0. The predicted molar refractivity (Wildman–Crippen MR) is 74.4 cm³/mol. The predicted octanol–water partition coefficient (Wildman–Crippen LogP) is 4.14. The van der Waals surface area contributed by atoms with Gasteiger partial charge in [-0.05, 0) is 35.7 Å². The maximum absolute atomic E-state index is 12.3. The second-order valence-electron chi connectivity index (χ2n) is 4.49. The highest BCUT2D eigenvalue weighted by Crippen LogP contribution is 2.37. The Labute approximate surface area is 111 Å². The Morgan fingerprint density at radius 2 is 1.94 bits per heavy atom. The summed E-state index contributed by atoms with van der Waals surface area (Å²) in [5.41, 5.74) is 3.26. The van der Waals surface area contributed by atoms with E-state index < -0.39 is 0 Å². The monoisotopic (exact) mass is 254 g/mol. The lowest BCUT2D eigenvalue weighted by molar-refractivity contribution is 0.0990. The minimum atomic E-state index is 0.234. The van der Waals surface area contributed by atoms with Crippen LogP contribution < -0.4 is 0 Å². The van der Waals surface area contributed by atoms with E-state index >= 15 is 0 Å². The first-order chi connectivity index (χ1) is 8.78. The molecule has 1 aliphatic heterocycles. The van der Waals surface area contributed by atoms with Crippen molar-refractivity contribution in [3.63, 3.8) is 0 Å². The van der Waals surface area contributed by atoms with E-state index in [1.165, 1.54) is 10.5 Å². The molecule has 0 aliphatic carbocycles. The van der Waals surface area contributed by atoms with E-state index in [2.05, 4.69) is 31.2 Å². The zero-order valence-electron chi connectivity index (χ0n) is 10.3. The number of hydrogen-bond donors (Lipinski definition) is 0. The number of benzene rings is 2. The molecule has 0 saturated heterocycles. The molecule has 3 rings (SSSR count). The maximum atomic E-state index is 12.3. The molecule has 2 aromatic rings.